The third-order valence-electron chi connectivity index (χ3n) is 7.99. The number of nitrogens with zero attached hydrogens (tertiary/aromatic N) is 1. The molecule has 0 radical (unpaired) electrons. The molecule has 0 bridgehead atoms. The summed E-state index contributed by atoms with van der Waals surface area (Å²) in [5.41, 5.74) is 9.17. The van der Waals surface area contributed by atoms with Crippen LogP contribution in [0.5, 0.6) is 0 Å². The van der Waals surface area contributed by atoms with E-state index in [1.54, 1.807) is 0 Å². The maximum Gasteiger partial charge on any atom is 0.163 e. The molecule has 0 spiro atoms. The standard InChI is InChI=1S/C36H21NO2/c1-2-10-22(11-3-1)23-18-20-24(21-19-23)37-28-15-7-4-12-25(28)31-32-26-13-5-8-16-29(26)38-35(32)33-27-14-6-9-17-30(27)39-36(33)34(31)37/h1-21H. The number of benzene rings is 6. The van der Waals surface area contributed by atoms with E-state index < -0.39 is 0 Å². The van der Waals surface area contributed by atoms with Gasteiger partial charge in [0.05, 0.1) is 16.4 Å². The van der Waals surface area contributed by atoms with Gasteiger partial charge in [-0.3, -0.25) is 0 Å². The van der Waals surface area contributed by atoms with Gasteiger partial charge in [0.2, 0.25) is 0 Å². The van der Waals surface area contributed by atoms with Crippen molar-refractivity contribution in [3.05, 3.63) is 127 Å². The van der Waals surface area contributed by atoms with Gasteiger partial charge in [0, 0.05) is 32.6 Å². The van der Waals surface area contributed by atoms with Crippen molar-refractivity contribution in [2.75, 3.05) is 0 Å². The molecule has 3 heterocycles. The summed E-state index contributed by atoms with van der Waals surface area (Å²) in [6.45, 7) is 0. The molecule has 3 heteroatoms. The molecule has 0 aliphatic rings. The Kier molecular flexibility index (Phi) is 4.05. The fraction of sp³-hybridized carbons (Fsp3) is 0. The molecular formula is C36H21NO2. The SMILES string of the molecule is c1ccc(-c2ccc(-n3c4ccccc4c4c5c6ccccc6oc5c5c6ccccc6oc5c43)cc2)cc1. The van der Waals surface area contributed by atoms with E-state index in [4.69, 9.17) is 8.83 Å². The Balaban J connectivity index is 1.50. The zero-order valence-corrected chi connectivity index (χ0v) is 20.9. The normalized spacial score (nSPS) is 12.1. The summed E-state index contributed by atoms with van der Waals surface area (Å²) in [4.78, 5) is 0. The van der Waals surface area contributed by atoms with Crippen LogP contribution in [0, 0.1) is 0 Å². The van der Waals surface area contributed by atoms with Crippen LogP contribution in [0.4, 0.5) is 0 Å². The van der Waals surface area contributed by atoms with Crippen LogP contribution >= 0.6 is 0 Å². The summed E-state index contributed by atoms with van der Waals surface area (Å²) >= 11 is 0. The first kappa shape index (κ1) is 20.7. The van der Waals surface area contributed by atoms with Crippen molar-refractivity contribution in [2.24, 2.45) is 0 Å². The topological polar surface area (TPSA) is 31.2 Å². The summed E-state index contributed by atoms with van der Waals surface area (Å²) < 4.78 is 15.6. The molecule has 0 N–H and O–H groups in total. The first-order chi connectivity index (χ1) is 19.4. The lowest BCUT2D eigenvalue weighted by Crippen LogP contribution is -1.94. The predicted octanol–water partition coefficient (Wildman–Crippen LogP) is 10.2. The Morgan fingerprint density at radius 1 is 0.410 bits per heavy atom. The lowest BCUT2D eigenvalue weighted by Gasteiger charge is -2.10. The maximum absolute atomic E-state index is 6.67. The molecule has 0 fully saturated rings. The highest BCUT2D eigenvalue weighted by Gasteiger charge is 2.26. The summed E-state index contributed by atoms with van der Waals surface area (Å²) in [5, 5.41) is 6.68. The van der Waals surface area contributed by atoms with Crippen molar-refractivity contribution in [2.45, 2.75) is 0 Å². The van der Waals surface area contributed by atoms with Gasteiger partial charge in [-0.1, -0.05) is 97.1 Å². The van der Waals surface area contributed by atoms with Crippen molar-refractivity contribution in [1.29, 1.82) is 0 Å². The summed E-state index contributed by atoms with van der Waals surface area (Å²) in [6.07, 6.45) is 0. The van der Waals surface area contributed by atoms with Crippen molar-refractivity contribution in [3.8, 4) is 16.8 Å². The quantitative estimate of drug-likeness (QED) is 0.237. The summed E-state index contributed by atoms with van der Waals surface area (Å²) in [5.74, 6) is 0. The molecule has 3 aromatic heterocycles. The second-order valence-corrected chi connectivity index (χ2v) is 10.1. The molecule has 9 aromatic rings. The lowest BCUT2D eigenvalue weighted by molar-refractivity contribution is 0.664. The van der Waals surface area contributed by atoms with Crippen molar-refractivity contribution < 1.29 is 8.83 Å². The Morgan fingerprint density at radius 2 is 0.974 bits per heavy atom. The Hall–Kier alpha value is -5.28. The Morgan fingerprint density at radius 3 is 1.72 bits per heavy atom. The minimum Gasteiger partial charge on any atom is -0.455 e. The molecule has 9 rings (SSSR count). The highest BCUT2D eigenvalue weighted by atomic mass is 16.3. The first-order valence-electron chi connectivity index (χ1n) is 13.2. The molecule has 6 aromatic carbocycles. The monoisotopic (exact) mass is 499 g/mol. The van der Waals surface area contributed by atoms with Crippen molar-refractivity contribution in [3.63, 3.8) is 0 Å². The highest BCUT2D eigenvalue weighted by molar-refractivity contribution is 6.38. The minimum atomic E-state index is 0.848. The van der Waals surface area contributed by atoms with Gasteiger partial charge in [0.15, 0.2) is 5.58 Å². The molecule has 3 nitrogen and oxygen atoms in total. The zero-order chi connectivity index (χ0) is 25.5. The van der Waals surface area contributed by atoms with Crippen LogP contribution in [0.3, 0.4) is 0 Å². The summed E-state index contributed by atoms with van der Waals surface area (Å²) in [7, 11) is 0. The maximum atomic E-state index is 6.67. The number of fused-ring (bicyclic) bond motifs is 12. The average Bonchev–Trinajstić information content (AvgIpc) is 3.67. The van der Waals surface area contributed by atoms with Crippen LogP contribution in [-0.2, 0) is 0 Å². The van der Waals surface area contributed by atoms with Crippen molar-refractivity contribution in [1.82, 2.24) is 4.57 Å². The van der Waals surface area contributed by atoms with Gasteiger partial charge < -0.3 is 13.4 Å². The van der Waals surface area contributed by atoms with Crippen LogP contribution in [0.2, 0.25) is 0 Å². The lowest BCUT2D eigenvalue weighted by atomic mass is 10.0. The van der Waals surface area contributed by atoms with Crippen LogP contribution in [0.25, 0.3) is 82.5 Å². The zero-order valence-electron chi connectivity index (χ0n) is 20.9. The van der Waals surface area contributed by atoms with E-state index in [-0.39, 0.29) is 0 Å². The molecule has 0 unspecified atom stereocenters. The Bertz CT molecular complexity index is 2370. The Labute approximate surface area is 223 Å². The minimum absolute atomic E-state index is 0.848. The van der Waals surface area contributed by atoms with E-state index in [2.05, 4.69) is 114 Å². The van der Waals surface area contributed by atoms with Crippen LogP contribution in [0.1, 0.15) is 0 Å². The number of furan rings is 2. The van der Waals surface area contributed by atoms with Gasteiger partial charge in [0.25, 0.3) is 0 Å². The second kappa shape index (κ2) is 7.62. The largest absolute Gasteiger partial charge is 0.455 e. The van der Waals surface area contributed by atoms with Crippen LogP contribution < -0.4 is 0 Å². The third-order valence-corrected chi connectivity index (χ3v) is 7.99. The molecule has 182 valence electrons. The van der Waals surface area contributed by atoms with E-state index in [0.29, 0.717) is 0 Å². The fourth-order valence-corrected chi connectivity index (χ4v) is 6.32. The number of aromatic nitrogens is 1. The number of hydrogen-bond donors (Lipinski definition) is 0. The number of hydrogen-bond acceptors (Lipinski definition) is 2. The van der Waals surface area contributed by atoms with Crippen LogP contribution in [0.15, 0.2) is 136 Å². The first-order valence-corrected chi connectivity index (χ1v) is 13.2. The molecule has 0 saturated heterocycles. The molecule has 39 heavy (non-hydrogen) atoms. The van der Waals surface area contributed by atoms with Gasteiger partial charge >= 0.3 is 0 Å². The van der Waals surface area contributed by atoms with Crippen LogP contribution in [-0.4, -0.2) is 4.57 Å². The molecule has 0 saturated carbocycles. The smallest absolute Gasteiger partial charge is 0.163 e. The molecule has 0 amide bonds. The molecular weight excluding hydrogens is 478 g/mol. The molecule has 0 aliphatic carbocycles. The van der Waals surface area contributed by atoms with Gasteiger partial charge in [-0.25, -0.2) is 0 Å². The average molecular weight is 500 g/mol. The fourth-order valence-electron chi connectivity index (χ4n) is 6.32. The van der Waals surface area contributed by atoms with Crippen molar-refractivity contribution >= 4 is 65.7 Å². The third kappa shape index (κ3) is 2.76. The van der Waals surface area contributed by atoms with Gasteiger partial charge in [-0.05, 0) is 41.5 Å². The summed E-state index contributed by atoms with van der Waals surface area (Å²) in [6, 6.07) is 44.5. The van der Waals surface area contributed by atoms with Gasteiger partial charge in [0.1, 0.15) is 16.7 Å². The van der Waals surface area contributed by atoms with E-state index in [9.17, 15) is 0 Å². The number of rotatable bonds is 2. The van der Waals surface area contributed by atoms with Gasteiger partial charge in [-0.2, -0.15) is 0 Å². The molecule has 0 aliphatic heterocycles. The predicted molar refractivity (Wildman–Crippen MR) is 161 cm³/mol. The number of para-hydroxylation sites is 3. The van der Waals surface area contributed by atoms with E-state index >= 15 is 0 Å². The van der Waals surface area contributed by atoms with E-state index in [0.717, 1.165) is 66.0 Å². The molecule has 0 atom stereocenters. The van der Waals surface area contributed by atoms with Gasteiger partial charge in [-0.15, -0.1) is 0 Å². The van der Waals surface area contributed by atoms with E-state index in [1.165, 1.54) is 16.5 Å². The van der Waals surface area contributed by atoms with E-state index in [1.807, 2.05) is 18.2 Å². The second-order valence-electron chi connectivity index (χ2n) is 10.1. The highest BCUT2D eigenvalue weighted by Crippen LogP contribution is 2.48.